The molecular weight excluding hydrogens is 458 g/mol. The molecule has 1 aliphatic heterocycles. The highest BCUT2D eigenvalue weighted by Crippen LogP contribution is 2.32. The number of thioether (sulfide) groups is 1. The van der Waals surface area contributed by atoms with E-state index in [0.717, 1.165) is 39.4 Å². The van der Waals surface area contributed by atoms with E-state index in [1.165, 1.54) is 4.90 Å². The Kier molecular flexibility index (Phi) is 6.62. The van der Waals surface area contributed by atoms with Gasteiger partial charge in [-0.05, 0) is 30.2 Å². The summed E-state index contributed by atoms with van der Waals surface area (Å²) in [5, 5.41) is 13.1. The number of nitrogens with one attached hydrogen (secondary N) is 2. The Morgan fingerprint density at radius 3 is 2.67 bits per heavy atom. The molecule has 7 nitrogen and oxygen atoms in total. The fraction of sp³-hybridized carbons (Fsp3) is 0.167. The lowest BCUT2D eigenvalue weighted by molar-refractivity contribution is -0.141. The van der Waals surface area contributed by atoms with E-state index >= 15 is 0 Å². The summed E-state index contributed by atoms with van der Waals surface area (Å²) >= 11 is 6.41. The van der Waals surface area contributed by atoms with Crippen LogP contribution in [0.2, 0.25) is 0 Å². The van der Waals surface area contributed by atoms with Crippen molar-refractivity contribution in [2.45, 2.75) is 19.4 Å². The second-order valence-corrected chi connectivity index (χ2v) is 9.38. The van der Waals surface area contributed by atoms with Crippen LogP contribution in [-0.2, 0) is 20.8 Å². The number of para-hydroxylation sites is 1. The number of aromatic amines is 1. The van der Waals surface area contributed by atoms with E-state index in [9.17, 15) is 19.5 Å². The maximum Gasteiger partial charge on any atom is 0.326 e. The van der Waals surface area contributed by atoms with Crippen LogP contribution < -0.4 is 5.32 Å². The van der Waals surface area contributed by atoms with Crippen molar-refractivity contribution in [2.24, 2.45) is 0 Å². The first-order valence-electron chi connectivity index (χ1n) is 10.2. The molecule has 1 aromatic heterocycles. The Morgan fingerprint density at radius 1 is 1.21 bits per heavy atom. The fourth-order valence-electron chi connectivity index (χ4n) is 3.55. The highest BCUT2D eigenvalue weighted by atomic mass is 32.2. The second-order valence-electron chi connectivity index (χ2n) is 7.70. The number of hydrogen-bond donors (Lipinski definition) is 3. The summed E-state index contributed by atoms with van der Waals surface area (Å²) in [4.78, 5) is 41.9. The third-order valence-corrected chi connectivity index (χ3v) is 6.66. The Bertz CT molecular complexity index is 1280. The zero-order valence-corrected chi connectivity index (χ0v) is 19.3. The number of amides is 2. The fourth-order valence-corrected chi connectivity index (χ4v) is 4.81. The number of aromatic nitrogens is 1. The number of fused-ring (bicyclic) bond motifs is 1. The van der Waals surface area contributed by atoms with Crippen molar-refractivity contribution in [1.82, 2.24) is 15.2 Å². The first-order valence-corrected chi connectivity index (χ1v) is 11.4. The molecule has 3 N–H and O–H groups in total. The Labute approximate surface area is 199 Å². The van der Waals surface area contributed by atoms with E-state index in [1.807, 2.05) is 55.5 Å². The molecule has 1 saturated heterocycles. The molecule has 9 heteroatoms. The standard InChI is InChI=1S/C24H21N3O4S2/c1-14-6-8-15(9-7-14)10-20-22(29)27(24(32)33-20)13-21(28)26-19(23(30)31)11-16-12-25-18-5-3-2-4-17(16)18/h2-10,12,19,25H,11,13H2,1H3,(H,26,28)(H,30,31)/b20-10+. The monoisotopic (exact) mass is 479 g/mol. The van der Waals surface area contributed by atoms with Crippen molar-refractivity contribution in [2.75, 3.05) is 6.54 Å². The minimum atomic E-state index is -1.15. The predicted octanol–water partition coefficient (Wildman–Crippen LogP) is 3.49. The predicted molar refractivity (Wildman–Crippen MR) is 133 cm³/mol. The summed E-state index contributed by atoms with van der Waals surface area (Å²) in [7, 11) is 0. The first kappa shape index (κ1) is 22.8. The van der Waals surface area contributed by atoms with E-state index in [2.05, 4.69) is 10.3 Å². The lowest BCUT2D eigenvalue weighted by atomic mass is 10.0. The van der Waals surface area contributed by atoms with Gasteiger partial charge >= 0.3 is 5.97 Å². The zero-order valence-electron chi connectivity index (χ0n) is 17.7. The number of rotatable bonds is 7. The molecule has 1 unspecified atom stereocenters. The number of carboxylic acid groups (broad SMARTS) is 1. The molecule has 2 aromatic carbocycles. The molecule has 1 atom stereocenters. The molecule has 4 rings (SSSR count). The van der Waals surface area contributed by atoms with Gasteiger partial charge in [-0.1, -0.05) is 72.0 Å². The van der Waals surface area contributed by atoms with Gasteiger partial charge in [0.25, 0.3) is 5.91 Å². The maximum atomic E-state index is 12.8. The van der Waals surface area contributed by atoms with Gasteiger partial charge in [0, 0.05) is 23.5 Å². The average Bonchev–Trinajstić information content (AvgIpc) is 3.31. The van der Waals surface area contributed by atoms with Crippen molar-refractivity contribution in [3.63, 3.8) is 0 Å². The van der Waals surface area contributed by atoms with Crippen LogP contribution in [0, 0.1) is 6.92 Å². The summed E-state index contributed by atoms with van der Waals surface area (Å²) in [5.74, 6) is -2.11. The van der Waals surface area contributed by atoms with E-state index in [0.29, 0.717) is 4.91 Å². The van der Waals surface area contributed by atoms with Gasteiger partial charge in [-0.15, -0.1) is 0 Å². The van der Waals surface area contributed by atoms with Crippen molar-refractivity contribution in [3.8, 4) is 0 Å². The minimum Gasteiger partial charge on any atom is -0.480 e. The third-order valence-electron chi connectivity index (χ3n) is 5.28. The summed E-state index contributed by atoms with van der Waals surface area (Å²) in [6.07, 6.45) is 3.58. The molecule has 2 amide bonds. The van der Waals surface area contributed by atoms with E-state index in [-0.39, 0.29) is 23.2 Å². The second kappa shape index (κ2) is 9.60. The van der Waals surface area contributed by atoms with Crippen molar-refractivity contribution < 1.29 is 19.5 Å². The van der Waals surface area contributed by atoms with Crippen molar-refractivity contribution >= 4 is 63.1 Å². The van der Waals surface area contributed by atoms with E-state index in [4.69, 9.17) is 12.2 Å². The molecule has 0 aliphatic carbocycles. The van der Waals surface area contributed by atoms with Crippen LogP contribution in [0.25, 0.3) is 17.0 Å². The Hall–Kier alpha value is -3.43. The SMILES string of the molecule is Cc1ccc(/C=C2/SC(=S)N(CC(=O)NC(Cc3c[nH]c4ccccc34)C(=O)O)C2=O)cc1. The highest BCUT2D eigenvalue weighted by Gasteiger charge is 2.34. The van der Waals surface area contributed by atoms with E-state index < -0.39 is 17.9 Å². The van der Waals surface area contributed by atoms with Gasteiger partial charge in [0.15, 0.2) is 0 Å². The molecule has 0 bridgehead atoms. The van der Waals surface area contributed by atoms with Crippen LogP contribution in [0.3, 0.4) is 0 Å². The number of aryl methyl sites for hydroxylation is 1. The number of carbonyl (C=O) groups is 3. The van der Waals surface area contributed by atoms with Crippen LogP contribution in [0.1, 0.15) is 16.7 Å². The molecule has 3 aromatic rings. The maximum absolute atomic E-state index is 12.8. The highest BCUT2D eigenvalue weighted by molar-refractivity contribution is 8.26. The van der Waals surface area contributed by atoms with Crippen LogP contribution >= 0.6 is 24.0 Å². The largest absolute Gasteiger partial charge is 0.480 e. The van der Waals surface area contributed by atoms with Crippen LogP contribution in [-0.4, -0.2) is 49.7 Å². The minimum absolute atomic E-state index is 0.108. The molecule has 0 saturated carbocycles. The molecule has 0 spiro atoms. The molecular formula is C24H21N3O4S2. The molecule has 1 aliphatic rings. The molecule has 2 heterocycles. The Morgan fingerprint density at radius 2 is 1.94 bits per heavy atom. The average molecular weight is 480 g/mol. The summed E-state index contributed by atoms with van der Waals surface area (Å²) < 4.78 is 0.261. The zero-order chi connectivity index (χ0) is 23.5. The first-order chi connectivity index (χ1) is 15.8. The molecule has 33 heavy (non-hydrogen) atoms. The number of carboxylic acids is 1. The van der Waals surface area contributed by atoms with Gasteiger partial charge < -0.3 is 15.4 Å². The third kappa shape index (κ3) is 5.15. The molecule has 0 radical (unpaired) electrons. The lowest BCUT2D eigenvalue weighted by Crippen LogP contribution is -2.47. The van der Waals surface area contributed by atoms with Crippen molar-refractivity contribution in [1.29, 1.82) is 0 Å². The van der Waals surface area contributed by atoms with Gasteiger partial charge in [0.05, 0.1) is 4.91 Å². The summed E-state index contributed by atoms with van der Waals surface area (Å²) in [5.41, 5.74) is 3.64. The van der Waals surface area contributed by atoms with Crippen molar-refractivity contribution in [3.05, 3.63) is 76.3 Å². The lowest BCUT2D eigenvalue weighted by Gasteiger charge is -2.18. The number of carbonyl (C=O) groups excluding carboxylic acids is 2. The topological polar surface area (TPSA) is 102 Å². The number of H-pyrrole nitrogens is 1. The smallest absolute Gasteiger partial charge is 0.326 e. The van der Waals surface area contributed by atoms with Gasteiger partial charge in [-0.2, -0.15) is 0 Å². The van der Waals surface area contributed by atoms with Crippen LogP contribution in [0.5, 0.6) is 0 Å². The number of benzene rings is 2. The normalized spacial score (nSPS) is 15.9. The number of aliphatic carboxylic acids is 1. The quantitative estimate of drug-likeness (QED) is 0.354. The number of hydrogen-bond acceptors (Lipinski definition) is 5. The van der Waals surface area contributed by atoms with Gasteiger partial charge in [-0.25, -0.2) is 4.79 Å². The Balaban J connectivity index is 1.43. The summed E-state index contributed by atoms with van der Waals surface area (Å²) in [6, 6.07) is 14.1. The summed E-state index contributed by atoms with van der Waals surface area (Å²) in [6.45, 7) is 1.64. The van der Waals surface area contributed by atoms with Gasteiger partial charge in [0.2, 0.25) is 5.91 Å². The number of thiocarbonyl (C=S) groups is 1. The van der Waals surface area contributed by atoms with Crippen LogP contribution in [0.4, 0.5) is 0 Å². The number of nitrogens with zero attached hydrogens (tertiary/aromatic N) is 1. The van der Waals surface area contributed by atoms with Gasteiger partial charge in [0.1, 0.15) is 16.9 Å². The van der Waals surface area contributed by atoms with E-state index in [1.54, 1.807) is 12.3 Å². The van der Waals surface area contributed by atoms with Gasteiger partial charge in [-0.3, -0.25) is 14.5 Å². The van der Waals surface area contributed by atoms with Crippen LogP contribution in [0.15, 0.2) is 59.6 Å². The molecule has 1 fully saturated rings. The molecule has 168 valence electrons.